The van der Waals surface area contributed by atoms with Crippen molar-refractivity contribution >= 4 is 27.6 Å². The minimum Gasteiger partial charge on any atom is -0.478 e. The van der Waals surface area contributed by atoms with Crippen LogP contribution < -0.4 is 5.32 Å². The first kappa shape index (κ1) is 12.9. The molecule has 0 spiro atoms. The lowest BCUT2D eigenvalue weighted by atomic mass is 10.1. The highest BCUT2D eigenvalue weighted by molar-refractivity contribution is 9.10. The Kier molecular flexibility index (Phi) is 3.50. The molecule has 0 bridgehead atoms. The highest BCUT2D eigenvalue weighted by Crippen LogP contribution is 2.31. The third kappa shape index (κ3) is 2.62. The number of benzene rings is 1. The molecule has 19 heavy (non-hydrogen) atoms. The highest BCUT2D eigenvalue weighted by atomic mass is 79.9. The van der Waals surface area contributed by atoms with Crippen molar-refractivity contribution in [3.63, 3.8) is 0 Å². The van der Waals surface area contributed by atoms with Crippen molar-refractivity contribution in [3.8, 4) is 0 Å². The van der Waals surface area contributed by atoms with E-state index in [2.05, 4.69) is 26.1 Å². The summed E-state index contributed by atoms with van der Waals surface area (Å²) in [5.74, 6) is -0.890. The number of hydrogen-bond acceptors (Lipinski definition) is 3. The molecule has 102 valence electrons. The van der Waals surface area contributed by atoms with Crippen LogP contribution in [0.2, 0.25) is 0 Å². The van der Waals surface area contributed by atoms with Crippen LogP contribution in [0.25, 0.3) is 0 Å². The molecule has 2 aliphatic rings. The molecule has 2 aliphatic heterocycles. The van der Waals surface area contributed by atoms with Gasteiger partial charge < -0.3 is 10.4 Å². The molecule has 0 radical (unpaired) electrons. The molecular formula is C14H17BrN2O2. The smallest absolute Gasteiger partial charge is 0.335 e. The number of nitrogens with zero attached hydrogens (tertiary/aromatic N) is 1. The van der Waals surface area contributed by atoms with E-state index in [9.17, 15) is 4.79 Å². The van der Waals surface area contributed by atoms with Gasteiger partial charge in [-0.15, -0.1) is 0 Å². The fraction of sp³-hybridized carbons (Fsp3) is 0.500. The standard InChI is InChI=1S/C14H17BrN2O2/c15-10-6-9(14(18)19)7-11(8-10)16-12-3-5-17-4-1-2-13(12)17/h6-8,12-13,16H,1-5H2,(H,18,19). The maximum atomic E-state index is 11.1. The van der Waals surface area contributed by atoms with E-state index in [1.807, 2.05) is 6.07 Å². The van der Waals surface area contributed by atoms with Crippen molar-refractivity contribution in [2.24, 2.45) is 0 Å². The van der Waals surface area contributed by atoms with E-state index in [4.69, 9.17) is 5.11 Å². The molecule has 1 aromatic carbocycles. The van der Waals surface area contributed by atoms with E-state index in [1.165, 1.54) is 19.4 Å². The Labute approximate surface area is 120 Å². The zero-order valence-corrected chi connectivity index (χ0v) is 12.2. The third-order valence-corrected chi connectivity index (χ3v) is 4.56. The molecule has 2 saturated heterocycles. The fourth-order valence-corrected chi connectivity index (χ4v) is 3.75. The maximum absolute atomic E-state index is 11.1. The highest BCUT2D eigenvalue weighted by Gasteiger charge is 2.36. The summed E-state index contributed by atoms with van der Waals surface area (Å²) in [6.45, 7) is 2.36. The lowest BCUT2D eigenvalue weighted by Crippen LogP contribution is -2.33. The number of hydrogen-bond donors (Lipinski definition) is 2. The molecule has 2 N–H and O–H groups in total. The average molecular weight is 325 g/mol. The first-order chi connectivity index (χ1) is 9.13. The summed E-state index contributed by atoms with van der Waals surface area (Å²) in [5, 5.41) is 12.6. The van der Waals surface area contributed by atoms with Crippen LogP contribution in [0, 0.1) is 0 Å². The Balaban J connectivity index is 1.78. The summed E-state index contributed by atoms with van der Waals surface area (Å²) in [6.07, 6.45) is 3.67. The SMILES string of the molecule is O=C(O)c1cc(Br)cc(NC2CCN3CCCC23)c1. The molecule has 4 nitrogen and oxygen atoms in total. The van der Waals surface area contributed by atoms with Crippen LogP contribution in [0.1, 0.15) is 29.6 Å². The molecule has 5 heteroatoms. The number of aromatic carboxylic acids is 1. The summed E-state index contributed by atoms with van der Waals surface area (Å²) in [7, 11) is 0. The number of rotatable bonds is 3. The number of halogens is 1. The number of fused-ring (bicyclic) bond motifs is 1. The largest absolute Gasteiger partial charge is 0.478 e. The van der Waals surface area contributed by atoms with E-state index in [0.29, 0.717) is 17.6 Å². The number of carboxylic acids is 1. The molecule has 0 amide bonds. The molecule has 2 unspecified atom stereocenters. The van der Waals surface area contributed by atoms with E-state index in [0.717, 1.165) is 23.1 Å². The van der Waals surface area contributed by atoms with Crippen LogP contribution in [0.3, 0.4) is 0 Å². The minimum absolute atomic E-state index is 0.318. The Hall–Kier alpha value is -1.07. The molecule has 3 rings (SSSR count). The number of nitrogens with one attached hydrogen (secondary N) is 1. The first-order valence-electron chi connectivity index (χ1n) is 6.68. The summed E-state index contributed by atoms with van der Waals surface area (Å²) >= 11 is 3.37. The van der Waals surface area contributed by atoms with Crippen molar-refractivity contribution < 1.29 is 9.90 Å². The molecule has 2 heterocycles. The molecule has 0 saturated carbocycles. The Morgan fingerprint density at radius 2 is 2.16 bits per heavy atom. The van der Waals surface area contributed by atoms with Crippen LogP contribution in [-0.2, 0) is 0 Å². The van der Waals surface area contributed by atoms with Crippen LogP contribution in [-0.4, -0.2) is 41.1 Å². The zero-order valence-electron chi connectivity index (χ0n) is 10.6. The predicted octanol–water partition coefficient (Wildman–Crippen LogP) is 2.80. The van der Waals surface area contributed by atoms with Gasteiger partial charge in [-0.3, -0.25) is 4.90 Å². The topological polar surface area (TPSA) is 52.6 Å². The van der Waals surface area contributed by atoms with Gasteiger partial charge in [-0.05, 0) is 44.0 Å². The van der Waals surface area contributed by atoms with Crippen LogP contribution >= 0.6 is 15.9 Å². The van der Waals surface area contributed by atoms with Gasteiger partial charge in [-0.1, -0.05) is 15.9 Å². The van der Waals surface area contributed by atoms with E-state index < -0.39 is 5.97 Å². The van der Waals surface area contributed by atoms with Crippen molar-refractivity contribution in [2.45, 2.75) is 31.3 Å². The molecule has 1 aromatic rings. The molecular weight excluding hydrogens is 308 g/mol. The van der Waals surface area contributed by atoms with Gasteiger partial charge in [0.25, 0.3) is 0 Å². The van der Waals surface area contributed by atoms with E-state index >= 15 is 0 Å². The average Bonchev–Trinajstić information content (AvgIpc) is 2.93. The third-order valence-electron chi connectivity index (χ3n) is 4.10. The van der Waals surface area contributed by atoms with Gasteiger partial charge in [0.1, 0.15) is 0 Å². The lowest BCUT2D eigenvalue weighted by molar-refractivity contribution is 0.0697. The number of carbonyl (C=O) groups is 1. The first-order valence-corrected chi connectivity index (χ1v) is 7.47. The molecule has 0 aliphatic carbocycles. The van der Waals surface area contributed by atoms with Crippen molar-refractivity contribution in [1.29, 1.82) is 0 Å². The van der Waals surface area contributed by atoms with Gasteiger partial charge in [0.15, 0.2) is 0 Å². The Morgan fingerprint density at radius 1 is 1.32 bits per heavy atom. The normalized spacial score (nSPS) is 26.4. The lowest BCUT2D eigenvalue weighted by Gasteiger charge is -2.22. The van der Waals surface area contributed by atoms with Crippen molar-refractivity contribution in [1.82, 2.24) is 4.90 Å². The predicted molar refractivity (Wildman–Crippen MR) is 77.7 cm³/mol. The van der Waals surface area contributed by atoms with Gasteiger partial charge in [0.05, 0.1) is 5.56 Å². The summed E-state index contributed by atoms with van der Waals surface area (Å²) in [4.78, 5) is 13.6. The zero-order chi connectivity index (χ0) is 13.4. The molecule has 0 aromatic heterocycles. The second-order valence-corrected chi connectivity index (χ2v) is 6.23. The van der Waals surface area contributed by atoms with Crippen LogP contribution in [0.4, 0.5) is 5.69 Å². The summed E-state index contributed by atoms with van der Waals surface area (Å²) < 4.78 is 0.802. The number of carboxylic acid groups (broad SMARTS) is 1. The second-order valence-electron chi connectivity index (χ2n) is 5.32. The molecule has 2 atom stereocenters. The van der Waals surface area contributed by atoms with Gasteiger partial charge in [-0.25, -0.2) is 4.79 Å². The van der Waals surface area contributed by atoms with Gasteiger partial charge >= 0.3 is 5.97 Å². The Morgan fingerprint density at radius 3 is 2.95 bits per heavy atom. The molecule has 2 fully saturated rings. The van der Waals surface area contributed by atoms with Crippen LogP contribution in [0.5, 0.6) is 0 Å². The van der Waals surface area contributed by atoms with Gasteiger partial charge in [0, 0.05) is 28.8 Å². The monoisotopic (exact) mass is 324 g/mol. The second kappa shape index (κ2) is 5.13. The van der Waals surface area contributed by atoms with Crippen molar-refractivity contribution in [3.05, 3.63) is 28.2 Å². The fourth-order valence-electron chi connectivity index (χ4n) is 3.26. The van der Waals surface area contributed by atoms with Gasteiger partial charge in [0.2, 0.25) is 0 Å². The maximum Gasteiger partial charge on any atom is 0.335 e. The summed E-state index contributed by atoms with van der Waals surface area (Å²) in [6, 6.07) is 6.35. The van der Waals surface area contributed by atoms with Gasteiger partial charge in [-0.2, -0.15) is 0 Å². The van der Waals surface area contributed by atoms with Crippen LogP contribution in [0.15, 0.2) is 22.7 Å². The van der Waals surface area contributed by atoms with Crippen molar-refractivity contribution in [2.75, 3.05) is 18.4 Å². The Bertz CT molecular complexity index is 506. The minimum atomic E-state index is -0.890. The van der Waals surface area contributed by atoms with E-state index in [-0.39, 0.29) is 0 Å². The number of anilines is 1. The quantitative estimate of drug-likeness (QED) is 0.897. The summed E-state index contributed by atoms with van der Waals surface area (Å²) in [5.41, 5.74) is 1.21. The van der Waals surface area contributed by atoms with E-state index in [1.54, 1.807) is 12.1 Å².